The van der Waals surface area contributed by atoms with Crippen molar-refractivity contribution in [2.75, 3.05) is 46.3 Å². The lowest BCUT2D eigenvalue weighted by molar-refractivity contribution is 0.0984. The highest BCUT2D eigenvalue weighted by Gasteiger charge is 2.20. The van der Waals surface area contributed by atoms with Gasteiger partial charge in [-0.1, -0.05) is 19.8 Å². The van der Waals surface area contributed by atoms with Gasteiger partial charge in [-0.05, 0) is 46.4 Å². The molecule has 1 N–H and O–H groups in total. The molecule has 0 amide bonds. The zero-order valence-corrected chi connectivity index (χ0v) is 12.0. The first-order valence-electron chi connectivity index (χ1n) is 7.37. The summed E-state index contributed by atoms with van der Waals surface area (Å²) in [5.74, 6) is 0. The summed E-state index contributed by atoms with van der Waals surface area (Å²) in [5, 5.41) is 3.38. The monoisotopic (exact) mass is 241 g/mol. The van der Waals surface area contributed by atoms with Crippen molar-refractivity contribution in [1.29, 1.82) is 0 Å². The van der Waals surface area contributed by atoms with Crippen molar-refractivity contribution < 1.29 is 0 Å². The van der Waals surface area contributed by atoms with Gasteiger partial charge in [0.05, 0.1) is 0 Å². The van der Waals surface area contributed by atoms with Gasteiger partial charge in [-0.25, -0.2) is 0 Å². The zero-order valence-electron chi connectivity index (χ0n) is 12.0. The van der Waals surface area contributed by atoms with Crippen LogP contribution in [0.2, 0.25) is 0 Å². The Morgan fingerprint density at radius 2 is 1.88 bits per heavy atom. The maximum absolute atomic E-state index is 3.38. The van der Waals surface area contributed by atoms with Gasteiger partial charge in [0, 0.05) is 25.7 Å². The highest BCUT2D eigenvalue weighted by Crippen LogP contribution is 2.10. The molecule has 1 unspecified atom stereocenters. The molecule has 1 saturated heterocycles. The van der Waals surface area contributed by atoms with Gasteiger partial charge in [0.2, 0.25) is 0 Å². The Morgan fingerprint density at radius 1 is 1.12 bits per heavy atom. The van der Waals surface area contributed by atoms with Crippen LogP contribution >= 0.6 is 0 Å². The normalized spacial score (nSPS) is 23.1. The molecule has 0 aromatic rings. The van der Waals surface area contributed by atoms with Crippen LogP contribution in [0.4, 0.5) is 0 Å². The molecule has 17 heavy (non-hydrogen) atoms. The van der Waals surface area contributed by atoms with Crippen LogP contribution in [0.25, 0.3) is 0 Å². The maximum atomic E-state index is 3.38. The molecule has 1 atom stereocenters. The standard InChI is InChI=1S/C14H31N3/c1-4-15-9-7-5-6-8-10-17-12-11-16(3)13-14(17)2/h14-15H,4-13H2,1-3H3. The second-order valence-electron chi connectivity index (χ2n) is 5.42. The number of likely N-dealkylation sites (N-methyl/N-ethyl adjacent to an activating group) is 1. The molecule has 1 aliphatic rings. The number of nitrogens with one attached hydrogen (secondary N) is 1. The molecule has 1 rings (SSSR count). The van der Waals surface area contributed by atoms with E-state index in [-0.39, 0.29) is 0 Å². The van der Waals surface area contributed by atoms with Crippen molar-refractivity contribution in [2.45, 2.75) is 45.6 Å². The fraction of sp³-hybridized carbons (Fsp3) is 1.00. The molecule has 3 nitrogen and oxygen atoms in total. The Kier molecular flexibility index (Phi) is 7.82. The van der Waals surface area contributed by atoms with Gasteiger partial charge in [0.25, 0.3) is 0 Å². The minimum Gasteiger partial charge on any atom is -0.317 e. The SMILES string of the molecule is CCNCCCCCCN1CCN(C)CC1C. The third-order valence-corrected chi connectivity index (χ3v) is 3.77. The average Bonchev–Trinajstić information content (AvgIpc) is 2.30. The summed E-state index contributed by atoms with van der Waals surface area (Å²) < 4.78 is 0. The van der Waals surface area contributed by atoms with Crippen molar-refractivity contribution in [2.24, 2.45) is 0 Å². The summed E-state index contributed by atoms with van der Waals surface area (Å²) >= 11 is 0. The molecule has 0 aliphatic carbocycles. The van der Waals surface area contributed by atoms with Gasteiger partial charge < -0.3 is 10.2 Å². The number of nitrogens with zero attached hydrogens (tertiary/aromatic N) is 2. The Balaban J connectivity index is 1.95. The highest BCUT2D eigenvalue weighted by atomic mass is 15.3. The Hall–Kier alpha value is -0.120. The van der Waals surface area contributed by atoms with Gasteiger partial charge in [0.15, 0.2) is 0 Å². The molecule has 102 valence electrons. The molecule has 1 heterocycles. The van der Waals surface area contributed by atoms with Crippen LogP contribution < -0.4 is 5.32 Å². The Labute approximate surface area is 108 Å². The molecular formula is C14H31N3. The molecule has 0 saturated carbocycles. The first-order chi connectivity index (χ1) is 8.24. The molecule has 1 fully saturated rings. The van der Waals surface area contributed by atoms with E-state index in [2.05, 4.69) is 36.0 Å². The van der Waals surface area contributed by atoms with Crippen LogP contribution in [0.1, 0.15) is 39.5 Å². The van der Waals surface area contributed by atoms with E-state index in [1.165, 1.54) is 58.4 Å². The van der Waals surface area contributed by atoms with Gasteiger partial charge in [-0.15, -0.1) is 0 Å². The predicted molar refractivity (Wildman–Crippen MR) is 75.5 cm³/mol. The van der Waals surface area contributed by atoms with Crippen molar-refractivity contribution in [1.82, 2.24) is 15.1 Å². The quantitative estimate of drug-likeness (QED) is 0.654. The zero-order chi connectivity index (χ0) is 12.5. The van der Waals surface area contributed by atoms with Gasteiger partial charge in [-0.2, -0.15) is 0 Å². The number of piperazine rings is 1. The van der Waals surface area contributed by atoms with Crippen LogP contribution in [-0.2, 0) is 0 Å². The van der Waals surface area contributed by atoms with Crippen LogP contribution in [0.15, 0.2) is 0 Å². The summed E-state index contributed by atoms with van der Waals surface area (Å²) in [7, 11) is 2.23. The summed E-state index contributed by atoms with van der Waals surface area (Å²) in [5.41, 5.74) is 0. The predicted octanol–water partition coefficient (Wildman–Crippen LogP) is 1.79. The molecule has 1 aliphatic heterocycles. The smallest absolute Gasteiger partial charge is 0.0195 e. The van der Waals surface area contributed by atoms with E-state index in [9.17, 15) is 0 Å². The van der Waals surface area contributed by atoms with E-state index in [0.29, 0.717) is 0 Å². The van der Waals surface area contributed by atoms with Crippen LogP contribution in [-0.4, -0.2) is 62.2 Å². The van der Waals surface area contributed by atoms with E-state index in [0.717, 1.165) is 12.6 Å². The van der Waals surface area contributed by atoms with Gasteiger partial charge >= 0.3 is 0 Å². The van der Waals surface area contributed by atoms with Crippen LogP contribution in [0.5, 0.6) is 0 Å². The Morgan fingerprint density at radius 3 is 2.59 bits per heavy atom. The minimum absolute atomic E-state index is 0.746. The molecule has 0 bridgehead atoms. The first-order valence-corrected chi connectivity index (χ1v) is 7.37. The van der Waals surface area contributed by atoms with Crippen molar-refractivity contribution >= 4 is 0 Å². The summed E-state index contributed by atoms with van der Waals surface area (Å²) in [6, 6.07) is 0.746. The topological polar surface area (TPSA) is 18.5 Å². The largest absolute Gasteiger partial charge is 0.317 e. The lowest BCUT2D eigenvalue weighted by Gasteiger charge is -2.38. The van der Waals surface area contributed by atoms with Gasteiger partial charge in [-0.3, -0.25) is 4.90 Å². The van der Waals surface area contributed by atoms with Crippen LogP contribution in [0, 0.1) is 0 Å². The number of unbranched alkanes of at least 4 members (excludes halogenated alkanes) is 3. The molecule has 3 heteroatoms. The number of rotatable bonds is 8. The number of hydrogen-bond acceptors (Lipinski definition) is 3. The van der Waals surface area contributed by atoms with E-state index in [4.69, 9.17) is 0 Å². The maximum Gasteiger partial charge on any atom is 0.0195 e. The van der Waals surface area contributed by atoms with E-state index < -0.39 is 0 Å². The molecular weight excluding hydrogens is 210 g/mol. The third kappa shape index (κ3) is 6.39. The molecule has 0 aromatic heterocycles. The second-order valence-corrected chi connectivity index (χ2v) is 5.42. The fourth-order valence-corrected chi connectivity index (χ4v) is 2.60. The van der Waals surface area contributed by atoms with Crippen molar-refractivity contribution in [3.63, 3.8) is 0 Å². The summed E-state index contributed by atoms with van der Waals surface area (Å²) in [4.78, 5) is 5.10. The lowest BCUT2D eigenvalue weighted by atomic mass is 10.1. The van der Waals surface area contributed by atoms with Crippen LogP contribution in [0.3, 0.4) is 0 Å². The van der Waals surface area contributed by atoms with E-state index >= 15 is 0 Å². The summed E-state index contributed by atoms with van der Waals surface area (Å²) in [6.07, 6.45) is 5.49. The average molecular weight is 241 g/mol. The first kappa shape index (κ1) is 14.9. The minimum atomic E-state index is 0.746. The van der Waals surface area contributed by atoms with Crippen molar-refractivity contribution in [3.8, 4) is 0 Å². The fourth-order valence-electron chi connectivity index (χ4n) is 2.60. The highest BCUT2D eigenvalue weighted by molar-refractivity contribution is 4.76. The molecule has 0 aromatic carbocycles. The van der Waals surface area contributed by atoms with Gasteiger partial charge in [0.1, 0.15) is 0 Å². The Bertz CT molecular complexity index is 184. The summed E-state index contributed by atoms with van der Waals surface area (Å²) in [6.45, 7) is 11.9. The third-order valence-electron chi connectivity index (χ3n) is 3.77. The molecule has 0 radical (unpaired) electrons. The van der Waals surface area contributed by atoms with E-state index in [1.54, 1.807) is 0 Å². The second kappa shape index (κ2) is 8.90. The van der Waals surface area contributed by atoms with Crippen molar-refractivity contribution in [3.05, 3.63) is 0 Å². The lowest BCUT2D eigenvalue weighted by Crippen LogP contribution is -2.50. The van der Waals surface area contributed by atoms with E-state index in [1.807, 2.05) is 0 Å². The molecule has 0 spiro atoms. The number of hydrogen-bond donors (Lipinski definition) is 1.